The average Bonchev–Trinajstić information content (AvgIpc) is 3.13. The highest BCUT2D eigenvalue weighted by Gasteiger charge is 2.12. The summed E-state index contributed by atoms with van der Waals surface area (Å²) in [7, 11) is 0. The van der Waals surface area contributed by atoms with Crippen molar-refractivity contribution in [2.75, 3.05) is 13.1 Å². The summed E-state index contributed by atoms with van der Waals surface area (Å²) in [5.74, 6) is -0.147. The lowest BCUT2D eigenvalue weighted by atomic mass is 9.98. The molecule has 0 bridgehead atoms. The third-order valence-electron chi connectivity index (χ3n) is 4.53. The molecule has 0 saturated carbocycles. The van der Waals surface area contributed by atoms with Crippen LogP contribution in [0.4, 0.5) is 0 Å². The molecule has 1 N–H and O–H groups in total. The van der Waals surface area contributed by atoms with Crippen molar-refractivity contribution in [3.8, 4) is 11.1 Å². The lowest BCUT2D eigenvalue weighted by Gasteiger charge is -2.15. The predicted molar refractivity (Wildman–Crippen MR) is 98.4 cm³/mol. The van der Waals surface area contributed by atoms with Gasteiger partial charge in [0.2, 0.25) is 5.91 Å². The van der Waals surface area contributed by atoms with Gasteiger partial charge >= 0.3 is 0 Å². The molecule has 1 aliphatic rings. The molecule has 3 rings (SSSR count). The molecule has 3 nitrogen and oxygen atoms in total. The Labute approximate surface area is 144 Å². The van der Waals surface area contributed by atoms with E-state index in [4.69, 9.17) is 0 Å². The van der Waals surface area contributed by atoms with Crippen LogP contribution in [0.15, 0.2) is 61.2 Å². The lowest BCUT2D eigenvalue weighted by molar-refractivity contribution is -0.116. The minimum atomic E-state index is -0.147. The van der Waals surface area contributed by atoms with Crippen LogP contribution in [-0.4, -0.2) is 23.9 Å². The summed E-state index contributed by atoms with van der Waals surface area (Å²) >= 11 is 0. The number of benzene rings is 2. The number of rotatable bonds is 6. The Morgan fingerprint density at radius 1 is 1.08 bits per heavy atom. The van der Waals surface area contributed by atoms with Gasteiger partial charge in [-0.3, -0.25) is 9.69 Å². The Balaban J connectivity index is 1.73. The van der Waals surface area contributed by atoms with E-state index in [1.54, 1.807) is 0 Å². The molecule has 0 aromatic heterocycles. The summed E-state index contributed by atoms with van der Waals surface area (Å²) in [4.78, 5) is 13.9. The smallest absolute Gasteiger partial charge is 0.243 e. The first-order valence-electron chi connectivity index (χ1n) is 8.56. The third-order valence-corrected chi connectivity index (χ3v) is 4.53. The summed E-state index contributed by atoms with van der Waals surface area (Å²) in [5, 5.41) is 2.85. The van der Waals surface area contributed by atoms with Crippen LogP contribution in [0, 0.1) is 0 Å². The first-order chi connectivity index (χ1) is 11.8. The van der Waals surface area contributed by atoms with Crippen molar-refractivity contribution < 1.29 is 4.79 Å². The van der Waals surface area contributed by atoms with E-state index >= 15 is 0 Å². The zero-order valence-corrected chi connectivity index (χ0v) is 14.0. The molecule has 2 aromatic rings. The third kappa shape index (κ3) is 4.12. The first-order valence-corrected chi connectivity index (χ1v) is 8.56. The highest BCUT2D eigenvalue weighted by Crippen LogP contribution is 2.24. The number of nitrogens with zero attached hydrogens (tertiary/aromatic N) is 1. The lowest BCUT2D eigenvalue weighted by Crippen LogP contribution is -2.20. The van der Waals surface area contributed by atoms with E-state index in [1.807, 2.05) is 12.1 Å². The summed E-state index contributed by atoms with van der Waals surface area (Å²) in [5.41, 5.74) is 4.82. The van der Waals surface area contributed by atoms with E-state index in [0.29, 0.717) is 6.54 Å². The van der Waals surface area contributed by atoms with Crippen LogP contribution in [0.1, 0.15) is 24.0 Å². The molecule has 1 heterocycles. The van der Waals surface area contributed by atoms with Crippen molar-refractivity contribution in [3.63, 3.8) is 0 Å². The molecule has 1 aliphatic heterocycles. The van der Waals surface area contributed by atoms with Crippen LogP contribution in [0.2, 0.25) is 0 Å². The number of carbonyl (C=O) groups excluding carboxylic acids is 1. The fourth-order valence-electron chi connectivity index (χ4n) is 3.20. The summed E-state index contributed by atoms with van der Waals surface area (Å²) in [6.07, 6.45) is 3.94. The van der Waals surface area contributed by atoms with Crippen molar-refractivity contribution in [2.24, 2.45) is 0 Å². The minimum Gasteiger partial charge on any atom is -0.348 e. The topological polar surface area (TPSA) is 32.3 Å². The Kier molecular flexibility index (Phi) is 5.44. The van der Waals surface area contributed by atoms with Gasteiger partial charge in [0.1, 0.15) is 0 Å². The summed E-state index contributed by atoms with van der Waals surface area (Å²) < 4.78 is 0. The average molecular weight is 320 g/mol. The highest BCUT2D eigenvalue weighted by atomic mass is 16.1. The number of nitrogens with one attached hydrogen (secondary N) is 1. The molecule has 0 unspecified atom stereocenters. The van der Waals surface area contributed by atoms with Crippen LogP contribution in [-0.2, 0) is 17.9 Å². The van der Waals surface area contributed by atoms with Gasteiger partial charge in [0.25, 0.3) is 0 Å². The largest absolute Gasteiger partial charge is 0.348 e. The molecule has 24 heavy (non-hydrogen) atoms. The van der Waals surface area contributed by atoms with Crippen LogP contribution in [0.3, 0.4) is 0 Å². The molecular formula is C21H24N2O. The first kappa shape index (κ1) is 16.5. The molecule has 1 saturated heterocycles. The zero-order valence-electron chi connectivity index (χ0n) is 14.0. The number of carbonyl (C=O) groups is 1. The maximum atomic E-state index is 11.4. The Morgan fingerprint density at radius 2 is 1.79 bits per heavy atom. The van der Waals surface area contributed by atoms with Gasteiger partial charge in [-0.05, 0) is 54.3 Å². The van der Waals surface area contributed by atoms with Crippen molar-refractivity contribution >= 4 is 5.91 Å². The maximum absolute atomic E-state index is 11.4. The molecule has 0 aliphatic carbocycles. The molecule has 124 valence electrons. The number of amides is 1. The second kappa shape index (κ2) is 7.93. The van der Waals surface area contributed by atoms with Gasteiger partial charge in [-0.1, -0.05) is 55.1 Å². The van der Waals surface area contributed by atoms with Crippen LogP contribution >= 0.6 is 0 Å². The standard InChI is InChI=1S/C21H24N2O/c1-2-21(24)22-15-19-7-3-4-8-20(19)18-11-9-17(10-12-18)16-23-13-5-6-14-23/h2-4,7-12H,1,5-6,13-16H2,(H,22,24). The molecule has 0 atom stereocenters. The van der Waals surface area contributed by atoms with Gasteiger partial charge in [0.15, 0.2) is 0 Å². The second-order valence-corrected chi connectivity index (χ2v) is 6.26. The van der Waals surface area contributed by atoms with Crippen molar-refractivity contribution in [2.45, 2.75) is 25.9 Å². The second-order valence-electron chi connectivity index (χ2n) is 6.26. The van der Waals surface area contributed by atoms with E-state index in [9.17, 15) is 4.79 Å². The van der Waals surface area contributed by atoms with Crippen LogP contribution < -0.4 is 5.32 Å². The summed E-state index contributed by atoms with van der Waals surface area (Å²) in [6, 6.07) is 17.0. The van der Waals surface area contributed by atoms with E-state index in [2.05, 4.69) is 53.2 Å². The Hall–Kier alpha value is -2.39. The fourth-order valence-corrected chi connectivity index (χ4v) is 3.20. The molecule has 0 spiro atoms. The Morgan fingerprint density at radius 3 is 2.50 bits per heavy atom. The van der Waals surface area contributed by atoms with Crippen LogP contribution in [0.25, 0.3) is 11.1 Å². The zero-order chi connectivity index (χ0) is 16.8. The highest BCUT2D eigenvalue weighted by molar-refractivity contribution is 5.87. The summed E-state index contributed by atoms with van der Waals surface area (Å²) in [6.45, 7) is 7.47. The van der Waals surface area contributed by atoms with Crippen molar-refractivity contribution in [3.05, 3.63) is 72.3 Å². The fraction of sp³-hybridized carbons (Fsp3) is 0.286. The van der Waals surface area contributed by atoms with Gasteiger partial charge in [-0.15, -0.1) is 0 Å². The number of hydrogen-bond acceptors (Lipinski definition) is 2. The van der Waals surface area contributed by atoms with Gasteiger partial charge < -0.3 is 5.32 Å². The molecule has 1 amide bonds. The number of likely N-dealkylation sites (tertiary alicyclic amines) is 1. The molecule has 2 aromatic carbocycles. The minimum absolute atomic E-state index is 0.147. The van der Waals surface area contributed by atoms with E-state index < -0.39 is 0 Å². The van der Waals surface area contributed by atoms with E-state index in [-0.39, 0.29) is 5.91 Å². The Bertz CT molecular complexity index is 700. The number of hydrogen-bond donors (Lipinski definition) is 1. The maximum Gasteiger partial charge on any atom is 0.243 e. The monoisotopic (exact) mass is 320 g/mol. The molecular weight excluding hydrogens is 296 g/mol. The van der Waals surface area contributed by atoms with Crippen molar-refractivity contribution in [1.82, 2.24) is 10.2 Å². The van der Waals surface area contributed by atoms with Gasteiger partial charge in [0.05, 0.1) is 0 Å². The predicted octanol–water partition coefficient (Wildman–Crippen LogP) is 3.75. The van der Waals surface area contributed by atoms with Crippen molar-refractivity contribution in [1.29, 1.82) is 0 Å². The van der Waals surface area contributed by atoms with E-state index in [1.165, 1.54) is 43.1 Å². The quantitative estimate of drug-likeness (QED) is 0.822. The van der Waals surface area contributed by atoms with Gasteiger partial charge in [-0.25, -0.2) is 0 Å². The normalized spacial score (nSPS) is 14.5. The SMILES string of the molecule is C=CC(=O)NCc1ccccc1-c1ccc(CN2CCCC2)cc1. The van der Waals surface area contributed by atoms with E-state index in [0.717, 1.165) is 17.7 Å². The molecule has 3 heteroatoms. The van der Waals surface area contributed by atoms with Gasteiger partial charge in [-0.2, -0.15) is 0 Å². The molecule has 1 fully saturated rings. The molecule has 0 radical (unpaired) electrons. The van der Waals surface area contributed by atoms with Gasteiger partial charge in [0, 0.05) is 13.1 Å². The van der Waals surface area contributed by atoms with Crippen LogP contribution in [0.5, 0.6) is 0 Å².